The van der Waals surface area contributed by atoms with Crippen molar-refractivity contribution in [1.29, 1.82) is 0 Å². The number of ether oxygens (including phenoxy) is 1. The van der Waals surface area contributed by atoms with Crippen molar-refractivity contribution < 1.29 is 13.5 Å². The van der Waals surface area contributed by atoms with Crippen LogP contribution >= 0.6 is 11.8 Å². The second-order valence-electron chi connectivity index (χ2n) is 7.18. The van der Waals surface area contributed by atoms with Gasteiger partial charge in [-0.2, -0.15) is 0 Å². The van der Waals surface area contributed by atoms with Crippen LogP contribution in [0.3, 0.4) is 0 Å². The van der Waals surface area contributed by atoms with Crippen molar-refractivity contribution in [2.45, 2.75) is 23.9 Å². The van der Waals surface area contributed by atoms with Crippen LogP contribution in [-0.4, -0.2) is 47.3 Å². The maximum absolute atomic E-state index is 14.1. The molecule has 4 rings (SSSR count). The number of para-hydroxylation sites is 1. The van der Waals surface area contributed by atoms with Gasteiger partial charge < -0.3 is 4.74 Å². The molecule has 1 aliphatic rings. The number of thioether (sulfide) groups is 1. The van der Waals surface area contributed by atoms with Gasteiger partial charge >= 0.3 is 0 Å². The van der Waals surface area contributed by atoms with Crippen molar-refractivity contribution in [3.63, 3.8) is 0 Å². The molecular weight excluding hydrogens is 408 g/mol. The van der Waals surface area contributed by atoms with Crippen molar-refractivity contribution in [3.05, 3.63) is 70.0 Å². The minimum atomic E-state index is -0.873. The molecule has 0 unspecified atom stereocenters. The summed E-state index contributed by atoms with van der Waals surface area (Å²) in [7, 11) is 0. The monoisotopic (exact) mass is 431 g/mol. The fourth-order valence-corrected chi connectivity index (χ4v) is 4.53. The van der Waals surface area contributed by atoms with E-state index in [4.69, 9.17) is 4.74 Å². The number of rotatable bonds is 7. The van der Waals surface area contributed by atoms with Gasteiger partial charge in [0.2, 0.25) is 0 Å². The number of morpholine rings is 1. The van der Waals surface area contributed by atoms with E-state index in [0.717, 1.165) is 45.3 Å². The third kappa shape index (κ3) is 4.71. The Kier molecular flexibility index (Phi) is 6.76. The molecule has 1 aliphatic heterocycles. The third-order valence-electron chi connectivity index (χ3n) is 5.17. The van der Waals surface area contributed by atoms with Crippen LogP contribution in [0.15, 0.2) is 52.4 Å². The Morgan fingerprint density at radius 1 is 1.03 bits per heavy atom. The van der Waals surface area contributed by atoms with Gasteiger partial charge in [0, 0.05) is 37.5 Å². The molecule has 2 aromatic carbocycles. The highest BCUT2D eigenvalue weighted by Gasteiger charge is 2.15. The van der Waals surface area contributed by atoms with E-state index in [1.54, 1.807) is 22.8 Å². The first-order valence-corrected chi connectivity index (χ1v) is 11.0. The predicted molar refractivity (Wildman–Crippen MR) is 114 cm³/mol. The van der Waals surface area contributed by atoms with Crippen LogP contribution < -0.4 is 5.56 Å². The summed E-state index contributed by atoms with van der Waals surface area (Å²) in [4.78, 5) is 20.1. The Bertz CT molecular complexity index is 1080. The van der Waals surface area contributed by atoms with Crippen molar-refractivity contribution >= 4 is 22.7 Å². The zero-order valence-electron chi connectivity index (χ0n) is 16.5. The van der Waals surface area contributed by atoms with E-state index in [-0.39, 0.29) is 16.9 Å². The standard InChI is InChI=1S/C22H23F2N3O2S/c23-18-7-3-5-16(20(18)24)15-30-22-25-19-8-2-1-6-17(19)21(28)27(22)10-4-9-26-11-13-29-14-12-26/h1-3,5-8H,4,9-15H2. The fourth-order valence-electron chi connectivity index (χ4n) is 3.53. The molecule has 1 fully saturated rings. The van der Waals surface area contributed by atoms with E-state index in [1.165, 1.54) is 17.8 Å². The molecule has 0 bridgehead atoms. The van der Waals surface area contributed by atoms with Crippen LogP contribution in [0.25, 0.3) is 10.9 Å². The van der Waals surface area contributed by atoms with Crippen LogP contribution in [0.1, 0.15) is 12.0 Å². The zero-order valence-corrected chi connectivity index (χ0v) is 17.3. The molecule has 0 aliphatic carbocycles. The molecule has 1 saturated heterocycles. The minimum Gasteiger partial charge on any atom is -0.379 e. The lowest BCUT2D eigenvalue weighted by atomic mass is 10.2. The van der Waals surface area contributed by atoms with Crippen LogP contribution in [0.2, 0.25) is 0 Å². The molecular formula is C22H23F2N3O2S. The van der Waals surface area contributed by atoms with Crippen LogP contribution in [-0.2, 0) is 17.0 Å². The van der Waals surface area contributed by atoms with E-state index >= 15 is 0 Å². The van der Waals surface area contributed by atoms with Gasteiger partial charge in [0.1, 0.15) is 0 Å². The van der Waals surface area contributed by atoms with Crippen molar-refractivity contribution in [2.24, 2.45) is 0 Å². The minimum absolute atomic E-state index is 0.107. The molecule has 8 heteroatoms. The third-order valence-corrected chi connectivity index (χ3v) is 6.20. The van der Waals surface area contributed by atoms with Crippen LogP contribution in [0, 0.1) is 11.6 Å². The zero-order chi connectivity index (χ0) is 20.9. The summed E-state index contributed by atoms with van der Waals surface area (Å²) in [5, 5.41) is 1.08. The Morgan fingerprint density at radius 2 is 1.83 bits per heavy atom. The summed E-state index contributed by atoms with van der Waals surface area (Å²) in [5.41, 5.74) is 0.751. The second kappa shape index (κ2) is 9.68. The van der Waals surface area contributed by atoms with Crippen LogP contribution in [0.5, 0.6) is 0 Å². The van der Waals surface area contributed by atoms with E-state index in [9.17, 15) is 13.6 Å². The van der Waals surface area contributed by atoms with Crippen molar-refractivity contribution in [3.8, 4) is 0 Å². The van der Waals surface area contributed by atoms with E-state index in [2.05, 4.69) is 9.88 Å². The molecule has 0 N–H and O–H groups in total. The molecule has 0 saturated carbocycles. The first kappa shape index (κ1) is 21.0. The smallest absolute Gasteiger partial charge is 0.262 e. The number of aromatic nitrogens is 2. The maximum Gasteiger partial charge on any atom is 0.262 e. The molecule has 158 valence electrons. The molecule has 5 nitrogen and oxygen atoms in total. The Labute approximate surface area is 177 Å². The molecule has 2 heterocycles. The average molecular weight is 432 g/mol. The lowest BCUT2D eigenvalue weighted by molar-refractivity contribution is 0.0368. The first-order valence-electron chi connectivity index (χ1n) is 9.99. The highest BCUT2D eigenvalue weighted by Crippen LogP contribution is 2.24. The Hall–Kier alpha value is -2.29. The molecule has 3 aromatic rings. The summed E-state index contributed by atoms with van der Waals surface area (Å²) < 4.78 is 34.6. The second-order valence-corrected chi connectivity index (χ2v) is 8.12. The van der Waals surface area contributed by atoms with Gasteiger partial charge in [-0.25, -0.2) is 13.8 Å². The van der Waals surface area contributed by atoms with Crippen molar-refractivity contribution in [1.82, 2.24) is 14.5 Å². The lowest BCUT2D eigenvalue weighted by Crippen LogP contribution is -2.37. The normalized spacial score (nSPS) is 15.0. The highest BCUT2D eigenvalue weighted by atomic mass is 32.2. The van der Waals surface area contributed by atoms with Gasteiger partial charge in [-0.15, -0.1) is 0 Å². The summed E-state index contributed by atoms with van der Waals surface area (Å²) in [6, 6.07) is 11.3. The number of nitrogens with zero attached hydrogens (tertiary/aromatic N) is 3. The lowest BCUT2D eigenvalue weighted by Gasteiger charge is -2.26. The largest absolute Gasteiger partial charge is 0.379 e. The molecule has 30 heavy (non-hydrogen) atoms. The molecule has 0 atom stereocenters. The molecule has 1 aromatic heterocycles. The van der Waals surface area contributed by atoms with Gasteiger partial charge in [-0.05, 0) is 24.6 Å². The number of fused-ring (bicyclic) bond motifs is 1. The molecule has 0 spiro atoms. The van der Waals surface area contributed by atoms with E-state index in [1.807, 2.05) is 12.1 Å². The van der Waals surface area contributed by atoms with Gasteiger partial charge in [-0.3, -0.25) is 14.3 Å². The SMILES string of the molecule is O=c1c2ccccc2nc(SCc2cccc(F)c2F)n1CCCN1CCOCC1. The summed E-state index contributed by atoms with van der Waals surface area (Å²) in [5.74, 6) is -1.54. The van der Waals surface area contributed by atoms with Crippen molar-refractivity contribution in [2.75, 3.05) is 32.8 Å². The first-order chi connectivity index (χ1) is 14.6. The summed E-state index contributed by atoms with van der Waals surface area (Å²) in [6.45, 7) is 4.64. The number of hydrogen-bond donors (Lipinski definition) is 0. The fraction of sp³-hybridized carbons (Fsp3) is 0.364. The van der Waals surface area contributed by atoms with Gasteiger partial charge in [-0.1, -0.05) is 36.0 Å². The van der Waals surface area contributed by atoms with Crippen LogP contribution in [0.4, 0.5) is 8.78 Å². The van der Waals surface area contributed by atoms with Gasteiger partial charge in [0.15, 0.2) is 16.8 Å². The Balaban J connectivity index is 1.57. The number of halogens is 2. The topological polar surface area (TPSA) is 47.4 Å². The summed E-state index contributed by atoms with van der Waals surface area (Å²) in [6.07, 6.45) is 0.793. The predicted octanol–water partition coefficient (Wildman–Crippen LogP) is 3.69. The van der Waals surface area contributed by atoms with Gasteiger partial charge in [0.25, 0.3) is 5.56 Å². The average Bonchev–Trinajstić information content (AvgIpc) is 2.77. The quantitative estimate of drug-likeness (QED) is 0.422. The highest BCUT2D eigenvalue weighted by molar-refractivity contribution is 7.98. The molecule has 0 amide bonds. The Morgan fingerprint density at radius 3 is 2.67 bits per heavy atom. The van der Waals surface area contributed by atoms with E-state index < -0.39 is 11.6 Å². The maximum atomic E-state index is 14.1. The number of benzene rings is 2. The molecule has 0 radical (unpaired) electrons. The van der Waals surface area contributed by atoms with E-state index in [0.29, 0.717) is 22.6 Å². The number of hydrogen-bond acceptors (Lipinski definition) is 5. The summed E-state index contributed by atoms with van der Waals surface area (Å²) >= 11 is 1.25. The van der Waals surface area contributed by atoms with Gasteiger partial charge in [0.05, 0.1) is 24.1 Å².